The summed E-state index contributed by atoms with van der Waals surface area (Å²) in [5, 5.41) is 19.3. The first kappa shape index (κ1) is 16.3. The predicted octanol–water partition coefficient (Wildman–Crippen LogP) is 3.17. The maximum atomic E-state index is 9.84. The number of benzene rings is 2. The Balaban J connectivity index is 1.73. The molecule has 0 saturated carbocycles. The van der Waals surface area contributed by atoms with Crippen molar-refractivity contribution in [1.29, 1.82) is 5.26 Å². The van der Waals surface area contributed by atoms with Gasteiger partial charge in [-0.15, -0.1) is 0 Å². The number of rotatable bonds is 7. The fourth-order valence-electron chi connectivity index (χ4n) is 1.82. The van der Waals surface area contributed by atoms with Gasteiger partial charge in [0.2, 0.25) is 0 Å². The van der Waals surface area contributed by atoms with E-state index in [4.69, 9.17) is 26.3 Å². The molecule has 1 atom stereocenters. The maximum absolute atomic E-state index is 9.84. The summed E-state index contributed by atoms with van der Waals surface area (Å²) >= 11 is 6.02. The van der Waals surface area contributed by atoms with Gasteiger partial charge in [-0.1, -0.05) is 35.9 Å². The molecule has 0 aliphatic carbocycles. The molecule has 0 fully saturated rings. The molecule has 1 unspecified atom stereocenters. The van der Waals surface area contributed by atoms with Gasteiger partial charge in [-0.2, -0.15) is 5.26 Å². The lowest BCUT2D eigenvalue weighted by atomic mass is 10.2. The van der Waals surface area contributed by atoms with Crippen molar-refractivity contribution in [3.05, 3.63) is 64.7 Å². The van der Waals surface area contributed by atoms with Crippen LogP contribution in [0.2, 0.25) is 5.02 Å². The topological polar surface area (TPSA) is 62.5 Å². The molecule has 0 bridgehead atoms. The summed E-state index contributed by atoms with van der Waals surface area (Å²) in [5.41, 5.74) is 1.39. The summed E-state index contributed by atoms with van der Waals surface area (Å²) in [5.74, 6) is 0.546. The number of ether oxygens (including phenoxy) is 2. The molecule has 2 rings (SSSR count). The normalized spacial score (nSPS) is 11.7. The Morgan fingerprint density at radius 2 is 1.95 bits per heavy atom. The highest BCUT2D eigenvalue weighted by atomic mass is 35.5. The standard InChI is InChI=1S/C17H16ClNO3/c18-17-7-2-1-5-14(17)10-21-11-15(20)12-22-16-6-3-4-13(8-16)9-19/h1-8,15,20H,10-12H2. The second-order valence-corrected chi connectivity index (χ2v) is 5.12. The van der Waals surface area contributed by atoms with Crippen molar-refractivity contribution in [2.24, 2.45) is 0 Å². The van der Waals surface area contributed by atoms with Crippen LogP contribution in [0.25, 0.3) is 0 Å². The summed E-state index contributed by atoms with van der Waals surface area (Å²) in [6.45, 7) is 0.571. The van der Waals surface area contributed by atoms with Gasteiger partial charge in [-0.25, -0.2) is 0 Å². The van der Waals surface area contributed by atoms with Crippen molar-refractivity contribution in [1.82, 2.24) is 0 Å². The fraction of sp³-hybridized carbons (Fsp3) is 0.235. The molecule has 22 heavy (non-hydrogen) atoms. The minimum Gasteiger partial charge on any atom is -0.491 e. The largest absolute Gasteiger partial charge is 0.491 e. The van der Waals surface area contributed by atoms with Crippen LogP contribution in [0.4, 0.5) is 0 Å². The SMILES string of the molecule is N#Cc1cccc(OCC(O)COCc2ccccc2Cl)c1. The molecular weight excluding hydrogens is 302 g/mol. The summed E-state index contributed by atoms with van der Waals surface area (Å²) in [6.07, 6.45) is -0.756. The third-order valence-electron chi connectivity index (χ3n) is 2.93. The summed E-state index contributed by atoms with van der Waals surface area (Å²) in [6, 6.07) is 16.2. The second-order valence-electron chi connectivity index (χ2n) is 4.71. The van der Waals surface area contributed by atoms with Crippen LogP contribution in [0, 0.1) is 11.3 Å². The number of aliphatic hydroxyl groups is 1. The molecule has 114 valence electrons. The molecule has 5 heteroatoms. The van der Waals surface area contributed by atoms with Gasteiger partial charge >= 0.3 is 0 Å². The first-order valence-electron chi connectivity index (χ1n) is 6.81. The minimum atomic E-state index is -0.756. The lowest BCUT2D eigenvalue weighted by molar-refractivity contribution is 0.00551. The zero-order valence-corrected chi connectivity index (χ0v) is 12.7. The predicted molar refractivity (Wildman–Crippen MR) is 83.8 cm³/mol. The molecule has 0 spiro atoms. The van der Waals surface area contributed by atoms with E-state index in [1.807, 2.05) is 24.3 Å². The molecule has 4 nitrogen and oxygen atoms in total. The molecule has 0 amide bonds. The second kappa shape index (κ2) is 8.40. The van der Waals surface area contributed by atoms with Gasteiger partial charge < -0.3 is 14.6 Å². The van der Waals surface area contributed by atoms with E-state index in [9.17, 15) is 5.11 Å². The van der Waals surface area contributed by atoms with Gasteiger partial charge in [-0.05, 0) is 29.8 Å². The van der Waals surface area contributed by atoms with E-state index in [0.29, 0.717) is 22.9 Å². The molecule has 2 aromatic rings. The van der Waals surface area contributed by atoms with E-state index in [0.717, 1.165) is 5.56 Å². The molecule has 0 saturated heterocycles. The minimum absolute atomic E-state index is 0.0946. The van der Waals surface area contributed by atoms with Gasteiger partial charge in [0.05, 0.1) is 24.8 Å². The Kier molecular flexibility index (Phi) is 6.23. The molecule has 0 heterocycles. The van der Waals surface area contributed by atoms with Crippen molar-refractivity contribution >= 4 is 11.6 Å². The summed E-state index contributed by atoms with van der Waals surface area (Å²) in [4.78, 5) is 0. The molecule has 0 aromatic heterocycles. The van der Waals surface area contributed by atoms with Crippen LogP contribution in [0.15, 0.2) is 48.5 Å². The Bertz CT molecular complexity index is 654. The first-order valence-corrected chi connectivity index (χ1v) is 7.19. The van der Waals surface area contributed by atoms with Crippen molar-refractivity contribution in [2.75, 3.05) is 13.2 Å². The van der Waals surface area contributed by atoms with Gasteiger partial charge in [0.15, 0.2) is 0 Å². The zero-order chi connectivity index (χ0) is 15.8. The molecule has 1 N–H and O–H groups in total. The number of nitrogens with zero attached hydrogens (tertiary/aromatic N) is 1. The van der Waals surface area contributed by atoms with E-state index < -0.39 is 6.10 Å². The molecule has 2 aromatic carbocycles. The van der Waals surface area contributed by atoms with E-state index in [-0.39, 0.29) is 13.2 Å². The van der Waals surface area contributed by atoms with Crippen LogP contribution >= 0.6 is 11.6 Å². The van der Waals surface area contributed by atoms with Crippen LogP contribution in [-0.2, 0) is 11.3 Å². The number of halogens is 1. The van der Waals surface area contributed by atoms with Crippen molar-refractivity contribution in [2.45, 2.75) is 12.7 Å². The summed E-state index contributed by atoms with van der Waals surface area (Å²) < 4.78 is 10.9. The van der Waals surface area contributed by atoms with Crippen molar-refractivity contribution in [3.63, 3.8) is 0 Å². The Labute approximate surface area is 134 Å². The summed E-state index contributed by atoms with van der Waals surface area (Å²) in [7, 11) is 0. The third-order valence-corrected chi connectivity index (χ3v) is 3.30. The highest BCUT2D eigenvalue weighted by Crippen LogP contribution is 2.16. The van der Waals surface area contributed by atoms with Gasteiger partial charge in [0, 0.05) is 5.02 Å². The Hall–Kier alpha value is -2.06. The van der Waals surface area contributed by atoms with E-state index >= 15 is 0 Å². The molecule has 0 aliphatic rings. The number of aliphatic hydroxyl groups excluding tert-OH is 1. The molecule has 0 radical (unpaired) electrons. The van der Waals surface area contributed by atoms with Crippen LogP contribution in [0.3, 0.4) is 0 Å². The van der Waals surface area contributed by atoms with E-state index in [1.54, 1.807) is 30.3 Å². The number of hydrogen-bond donors (Lipinski definition) is 1. The third kappa shape index (κ3) is 5.05. The maximum Gasteiger partial charge on any atom is 0.120 e. The average Bonchev–Trinajstić information content (AvgIpc) is 2.55. The molecule has 0 aliphatic heterocycles. The fourth-order valence-corrected chi connectivity index (χ4v) is 2.01. The van der Waals surface area contributed by atoms with Crippen molar-refractivity contribution in [3.8, 4) is 11.8 Å². The first-order chi connectivity index (χ1) is 10.7. The number of nitriles is 1. The van der Waals surface area contributed by atoms with Crippen LogP contribution in [0.5, 0.6) is 5.75 Å². The van der Waals surface area contributed by atoms with Gasteiger partial charge in [-0.3, -0.25) is 0 Å². The quantitative estimate of drug-likeness (QED) is 0.852. The van der Waals surface area contributed by atoms with E-state index in [1.165, 1.54) is 0 Å². The Morgan fingerprint density at radius 3 is 2.73 bits per heavy atom. The van der Waals surface area contributed by atoms with E-state index in [2.05, 4.69) is 0 Å². The van der Waals surface area contributed by atoms with Crippen LogP contribution in [0.1, 0.15) is 11.1 Å². The highest BCUT2D eigenvalue weighted by molar-refractivity contribution is 6.31. The monoisotopic (exact) mass is 317 g/mol. The Morgan fingerprint density at radius 1 is 1.14 bits per heavy atom. The molecular formula is C17H16ClNO3. The zero-order valence-electron chi connectivity index (χ0n) is 11.9. The van der Waals surface area contributed by atoms with Gasteiger partial charge in [0.25, 0.3) is 0 Å². The smallest absolute Gasteiger partial charge is 0.120 e. The lowest BCUT2D eigenvalue weighted by Crippen LogP contribution is -2.23. The number of hydrogen-bond acceptors (Lipinski definition) is 4. The van der Waals surface area contributed by atoms with Gasteiger partial charge in [0.1, 0.15) is 18.5 Å². The van der Waals surface area contributed by atoms with Crippen LogP contribution in [-0.4, -0.2) is 24.4 Å². The van der Waals surface area contributed by atoms with Crippen LogP contribution < -0.4 is 4.74 Å². The van der Waals surface area contributed by atoms with Crippen molar-refractivity contribution < 1.29 is 14.6 Å². The average molecular weight is 318 g/mol. The highest BCUT2D eigenvalue weighted by Gasteiger charge is 2.07. The lowest BCUT2D eigenvalue weighted by Gasteiger charge is -2.13.